The lowest BCUT2D eigenvalue weighted by Gasteiger charge is -2.30. The Balaban J connectivity index is 2.69. The van der Waals surface area contributed by atoms with Crippen LogP contribution in [0.3, 0.4) is 0 Å². The van der Waals surface area contributed by atoms with Gasteiger partial charge in [-0.05, 0) is 45.4 Å². The van der Waals surface area contributed by atoms with Gasteiger partial charge in [-0.3, -0.25) is 0 Å². The SMILES string of the molecule is CC(N[C@H](C)c1cccc(Cl)c1)C(C)(C)O. The smallest absolute Gasteiger partial charge is 0.0741 e. The topological polar surface area (TPSA) is 32.3 Å². The van der Waals surface area contributed by atoms with E-state index in [-0.39, 0.29) is 12.1 Å². The summed E-state index contributed by atoms with van der Waals surface area (Å²) >= 11 is 5.94. The van der Waals surface area contributed by atoms with Crippen molar-refractivity contribution < 1.29 is 5.11 Å². The first-order valence-corrected chi connectivity index (χ1v) is 5.92. The van der Waals surface area contributed by atoms with E-state index >= 15 is 0 Å². The molecule has 0 bridgehead atoms. The van der Waals surface area contributed by atoms with Crippen LogP contribution in [0, 0.1) is 0 Å². The molecule has 0 heterocycles. The maximum absolute atomic E-state index is 9.85. The molecule has 0 aliphatic carbocycles. The van der Waals surface area contributed by atoms with Crippen molar-refractivity contribution in [2.24, 2.45) is 0 Å². The molecule has 0 radical (unpaired) electrons. The molecule has 2 nitrogen and oxygen atoms in total. The van der Waals surface area contributed by atoms with Gasteiger partial charge in [0.25, 0.3) is 0 Å². The van der Waals surface area contributed by atoms with E-state index in [0.29, 0.717) is 0 Å². The average molecular weight is 242 g/mol. The second kappa shape index (κ2) is 5.17. The summed E-state index contributed by atoms with van der Waals surface area (Å²) in [6.07, 6.45) is 0. The molecule has 3 heteroatoms. The summed E-state index contributed by atoms with van der Waals surface area (Å²) in [7, 11) is 0. The zero-order valence-corrected chi connectivity index (χ0v) is 11.0. The second-order valence-electron chi connectivity index (χ2n) is 4.82. The molecule has 16 heavy (non-hydrogen) atoms. The van der Waals surface area contributed by atoms with Crippen LogP contribution in [0.2, 0.25) is 5.02 Å². The van der Waals surface area contributed by atoms with Crippen LogP contribution in [-0.2, 0) is 0 Å². The maximum atomic E-state index is 9.85. The van der Waals surface area contributed by atoms with Crippen LogP contribution in [0.5, 0.6) is 0 Å². The van der Waals surface area contributed by atoms with Crippen molar-refractivity contribution in [2.45, 2.75) is 45.4 Å². The molecule has 1 unspecified atom stereocenters. The molecule has 0 aliphatic heterocycles. The fourth-order valence-corrected chi connectivity index (χ4v) is 1.65. The van der Waals surface area contributed by atoms with Gasteiger partial charge in [0.15, 0.2) is 0 Å². The van der Waals surface area contributed by atoms with Gasteiger partial charge in [0.05, 0.1) is 5.60 Å². The standard InChI is InChI=1S/C13H20ClNO/c1-9(15-10(2)13(3,4)16)11-6-5-7-12(14)8-11/h5-10,15-16H,1-4H3/t9-,10?/m1/s1. The predicted octanol–water partition coefficient (Wildman–Crippen LogP) is 3.15. The second-order valence-corrected chi connectivity index (χ2v) is 5.26. The molecular formula is C13H20ClNO. The Labute approximate surface area is 103 Å². The van der Waals surface area contributed by atoms with E-state index in [4.69, 9.17) is 11.6 Å². The lowest BCUT2D eigenvalue weighted by Crippen LogP contribution is -2.45. The summed E-state index contributed by atoms with van der Waals surface area (Å²) in [5.74, 6) is 0. The minimum absolute atomic E-state index is 0.0153. The molecule has 1 aromatic carbocycles. The Kier molecular flexibility index (Phi) is 4.36. The third-order valence-corrected chi connectivity index (χ3v) is 3.14. The summed E-state index contributed by atoms with van der Waals surface area (Å²) in [5, 5.41) is 13.9. The number of benzene rings is 1. The van der Waals surface area contributed by atoms with Gasteiger partial charge in [-0.25, -0.2) is 0 Å². The van der Waals surface area contributed by atoms with Crippen molar-refractivity contribution >= 4 is 11.6 Å². The summed E-state index contributed by atoms with van der Waals surface area (Å²) < 4.78 is 0. The molecule has 0 saturated heterocycles. The Morgan fingerprint density at radius 1 is 1.31 bits per heavy atom. The van der Waals surface area contributed by atoms with Crippen molar-refractivity contribution in [2.75, 3.05) is 0 Å². The first-order chi connectivity index (χ1) is 7.30. The molecule has 1 aromatic rings. The zero-order chi connectivity index (χ0) is 12.3. The van der Waals surface area contributed by atoms with Crippen LogP contribution in [-0.4, -0.2) is 16.7 Å². The highest BCUT2D eigenvalue weighted by Gasteiger charge is 2.23. The van der Waals surface area contributed by atoms with Crippen LogP contribution in [0.4, 0.5) is 0 Å². The fourth-order valence-electron chi connectivity index (χ4n) is 1.45. The van der Waals surface area contributed by atoms with Crippen LogP contribution < -0.4 is 5.32 Å². The van der Waals surface area contributed by atoms with E-state index in [1.54, 1.807) is 13.8 Å². The van der Waals surface area contributed by atoms with E-state index in [0.717, 1.165) is 10.6 Å². The number of rotatable bonds is 4. The van der Waals surface area contributed by atoms with Crippen molar-refractivity contribution in [3.63, 3.8) is 0 Å². The maximum Gasteiger partial charge on any atom is 0.0741 e. The fraction of sp³-hybridized carbons (Fsp3) is 0.538. The highest BCUT2D eigenvalue weighted by Crippen LogP contribution is 2.19. The van der Waals surface area contributed by atoms with Gasteiger partial charge >= 0.3 is 0 Å². The molecule has 90 valence electrons. The van der Waals surface area contributed by atoms with Crippen molar-refractivity contribution in [1.29, 1.82) is 0 Å². The number of halogens is 1. The van der Waals surface area contributed by atoms with Crippen LogP contribution in [0.1, 0.15) is 39.3 Å². The Bertz CT molecular complexity index is 346. The highest BCUT2D eigenvalue weighted by molar-refractivity contribution is 6.30. The predicted molar refractivity (Wildman–Crippen MR) is 68.8 cm³/mol. The number of hydrogen-bond acceptors (Lipinski definition) is 2. The van der Waals surface area contributed by atoms with Gasteiger partial charge in [0.1, 0.15) is 0 Å². The van der Waals surface area contributed by atoms with Gasteiger partial charge in [-0.2, -0.15) is 0 Å². The summed E-state index contributed by atoms with van der Waals surface area (Å²) in [6, 6.07) is 7.94. The summed E-state index contributed by atoms with van der Waals surface area (Å²) in [6.45, 7) is 7.64. The molecule has 0 aliphatic rings. The first-order valence-electron chi connectivity index (χ1n) is 5.54. The molecule has 0 amide bonds. The lowest BCUT2D eigenvalue weighted by molar-refractivity contribution is 0.0405. The van der Waals surface area contributed by atoms with Crippen LogP contribution in [0.15, 0.2) is 24.3 Å². The lowest BCUT2D eigenvalue weighted by atomic mass is 9.98. The molecule has 0 aromatic heterocycles. The minimum Gasteiger partial charge on any atom is -0.389 e. The van der Waals surface area contributed by atoms with Gasteiger partial charge in [0.2, 0.25) is 0 Å². The number of aliphatic hydroxyl groups is 1. The Hall–Kier alpha value is -0.570. The third kappa shape index (κ3) is 3.78. The molecule has 1 rings (SSSR count). The molecule has 0 spiro atoms. The molecule has 0 fully saturated rings. The van der Waals surface area contributed by atoms with E-state index in [2.05, 4.69) is 12.2 Å². The van der Waals surface area contributed by atoms with Gasteiger partial charge in [-0.1, -0.05) is 23.7 Å². The van der Waals surface area contributed by atoms with E-state index < -0.39 is 5.60 Å². The first kappa shape index (κ1) is 13.5. The Morgan fingerprint density at radius 3 is 2.44 bits per heavy atom. The van der Waals surface area contributed by atoms with E-state index in [1.165, 1.54) is 0 Å². The zero-order valence-electron chi connectivity index (χ0n) is 10.3. The van der Waals surface area contributed by atoms with E-state index in [1.807, 2.05) is 31.2 Å². The average Bonchev–Trinajstić information content (AvgIpc) is 2.16. The van der Waals surface area contributed by atoms with Crippen molar-refractivity contribution in [3.05, 3.63) is 34.9 Å². The largest absolute Gasteiger partial charge is 0.389 e. The third-order valence-electron chi connectivity index (χ3n) is 2.91. The summed E-state index contributed by atoms with van der Waals surface area (Å²) in [5.41, 5.74) is 0.399. The summed E-state index contributed by atoms with van der Waals surface area (Å²) in [4.78, 5) is 0. The number of nitrogens with one attached hydrogen (secondary N) is 1. The van der Waals surface area contributed by atoms with Gasteiger partial charge in [-0.15, -0.1) is 0 Å². The molecule has 2 N–H and O–H groups in total. The van der Waals surface area contributed by atoms with Crippen LogP contribution in [0.25, 0.3) is 0 Å². The molecular weight excluding hydrogens is 222 g/mol. The monoisotopic (exact) mass is 241 g/mol. The molecule has 2 atom stereocenters. The van der Waals surface area contributed by atoms with Crippen molar-refractivity contribution in [3.8, 4) is 0 Å². The van der Waals surface area contributed by atoms with Gasteiger partial charge < -0.3 is 10.4 Å². The minimum atomic E-state index is -0.729. The highest BCUT2D eigenvalue weighted by atomic mass is 35.5. The van der Waals surface area contributed by atoms with Crippen LogP contribution >= 0.6 is 11.6 Å². The van der Waals surface area contributed by atoms with Crippen molar-refractivity contribution in [1.82, 2.24) is 5.32 Å². The van der Waals surface area contributed by atoms with E-state index in [9.17, 15) is 5.11 Å². The molecule has 0 saturated carbocycles. The normalized spacial score (nSPS) is 15.9. The quantitative estimate of drug-likeness (QED) is 0.849. The number of hydrogen-bond donors (Lipinski definition) is 2. The van der Waals surface area contributed by atoms with Gasteiger partial charge in [0, 0.05) is 17.1 Å². The Morgan fingerprint density at radius 2 is 1.94 bits per heavy atom.